The summed E-state index contributed by atoms with van der Waals surface area (Å²) in [5.74, 6) is -0.648. The highest BCUT2D eigenvalue weighted by molar-refractivity contribution is 7.90. The minimum Gasteiger partial charge on any atom is -0.483 e. The van der Waals surface area contributed by atoms with E-state index in [4.69, 9.17) is 0 Å². The van der Waals surface area contributed by atoms with E-state index < -0.39 is 39.1 Å². The van der Waals surface area contributed by atoms with Crippen LogP contribution >= 0.6 is 0 Å². The van der Waals surface area contributed by atoms with Crippen LogP contribution in [0.1, 0.15) is 0 Å². The van der Waals surface area contributed by atoms with Crippen LogP contribution in [0.2, 0.25) is 0 Å². The average molecular weight is 339 g/mol. The summed E-state index contributed by atoms with van der Waals surface area (Å²) in [5, 5.41) is 2.49. The molecule has 122 valence electrons. The smallest absolute Gasteiger partial charge is 0.422 e. The normalized spacial score (nSPS) is 12.4. The number of rotatable bonds is 6. The fourth-order valence-corrected chi connectivity index (χ4v) is 2.49. The highest BCUT2D eigenvalue weighted by Gasteiger charge is 2.31. The topological polar surface area (TPSA) is 88.4 Å². The lowest BCUT2D eigenvalue weighted by molar-refractivity contribution is -0.153. The van der Waals surface area contributed by atoms with E-state index in [1.807, 2.05) is 0 Å². The average Bonchev–Trinajstić information content (AvgIpc) is 2.41. The van der Waals surface area contributed by atoms with Crippen molar-refractivity contribution in [1.82, 2.24) is 4.90 Å². The van der Waals surface area contributed by atoms with E-state index in [1.165, 1.54) is 19.0 Å². The third-order valence-electron chi connectivity index (χ3n) is 2.12. The highest BCUT2D eigenvalue weighted by Crippen LogP contribution is 2.35. The van der Waals surface area contributed by atoms with Crippen molar-refractivity contribution in [2.24, 2.45) is 9.57 Å². The van der Waals surface area contributed by atoms with E-state index in [-0.39, 0.29) is 0 Å². The Morgan fingerprint density at radius 2 is 1.95 bits per heavy atom. The molecule has 0 aliphatic rings. The van der Waals surface area contributed by atoms with Gasteiger partial charge in [-0.3, -0.25) is 0 Å². The molecule has 7 nitrogen and oxygen atoms in total. The molecule has 1 aromatic carbocycles. The molecule has 0 aliphatic heterocycles. The zero-order chi connectivity index (χ0) is 17.0. The minimum absolute atomic E-state index is 0.587. The molecule has 0 amide bonds. The van der Waals surface area contributed by atoms with Crippen molar-refractivity contribution in [1.29, 1.82) is 0 Å². The van der Waals surface area contributed by atoms with Gasteiger partial charge in [0, 0.05) is 14.1 Å². The van der Waals surface area contributed by atoms with Gasteiger partial charge in [-0.05, 0) is 17.3 Å². The molecule has 22 heavy (non-hydrogen) atoms. The summed E-state index contributed by atoms with van der Waals surface area (Å²) < 4.78 is 68.5. The van der Waals surface area contributed by atoms with E-state index in [2.05, 4.69) is 14.3 Å². The van der Waals surface area contributed by atoms with Crippen LogP contribution in [-0.2, 0) is 10.0 Å². The molecule has 0 saturated carbocycles. The molecular weight excluding hydrogens is 327 g/mol. The maximum absolute atomic E-state index is 12.2. The molecule has 0 unspecified atom stereocenters. The molecule has 0 N–H and O–H groups in total. The number of alkyl halides is 3. The van der Waals surface area contributed by atoms with E-state index >= 15 is 0 Å². The third-order valence-corrected chi connectivity index (χ3v) is 3.42. The number of nitrogens with zero attached hydrogens (tertiary/aromatic N) is 3. The third kappa shape index (κ3) is 4.98. The maximum atomic E-state index is 12.2. The van der Waals surface area contributed by atoms with Gasteiger partial charge in [0.1, 0.15) is 17.8 Å². The molecule has 1 rings (SSSR count). The number of halogens is 3. The van der Waals surface area contributed by atoms with Crippen molar-refractivity contribution < 1.29 is 26.3 Å². The fourth-order valence-electron chi connectivity index (χ4n) is 1.32. The number of benzene rings is 1. The van der Waals surface area contributed by atoms with Gasteiger partial charge >= 0.3 is 6.18 Å². The summed E-state index contributed by atoms with van der Waals surface area (Å²) in [5.41, 5.74) is -0.587. The largest absolute Gasteiger partial charge is 0.483 e. The Hall–Kier alpha value is -2.17. The zero-order valence-corrected chi connectivity index (χ0v) is 12.3. The van der Waals surface area contributed by atoms with Gasteiger partial charge in [0.05, 0.1) is 0 Å². The zero-order valence-electron chi connectivity index (χ0n) is 11.5. The number of ether oxygens (including phenoxy) is 1. The second kappa shape index (κ2) is 6.73. The van der Waals surface area contributed by atoms with Gasteiger partial charge in [-0.25, -0.2) is 0 Å². The van der Waals surface area contributed by atoms with Crippen molar-refractivity contribution in [2.75, 3.05) is 20.7 Å². The standard InChI is InChI=1S/C11H12F3N3O4S/c1-17(2)7-15-22(19,20)10-8(16-18)4-3-5-9(10)21-6-11(12,13)14/h3-5,7H,6H2,1-2H3. The van der Waals surface area contributed by atoms with Crippen LogP contribution in [0.5, 0.6) is 5.75 Å². The van der Waals surface area contributed by atoms with Crippen LogP contribution in [0.4, 0.5) is 18.9 Å². The number of nitroso groups, excluding NO2 is 1. The van der Waals surface area contributed by atoms with Crippen LogP contribution in [0.15, 0.2) is 32.7 Å². The Kier molecular flexibility index (Phi) is 5.47. The summed E-state index contributed by atoms with van der Waals surface area (Å²) in [7, 11) is -1.47. The summed E-state index contributed by atoms with van der Waals surface area (Å²) in [6, 6.07) is 3.17. The lowest BCUT2D eigenvalue weighted by Crippen LogP contribution is -2.20. The molecule has 1 aromatic rings. The first-order valence-corrected chi connectivity index (χ1v) is 7.13. The van der Waals surface area contributed by atoms with Gasteiger partial charge in [-0.2, -0.15) is 21.6 Å². The van der Waals surface area contributed by atoms with Crippen molar-refractivity contribution in [3.8, 4) is 5.75 Å². The van der Waals surface area contributed by atoms with Gasteiger partial charge in [-0.15, -0.1) is 9.30 Å². The lowest BCUT2D eigenvalue weighted by Gasteiger charge is -2.13. The molecule has 0 spiro atoms. The Morgan fingerprint density at radius 3 is 2.45 bits per heavy atom. The van der Waals surface area contributed by atoms with E-state index in [9.17, 15) is 26.5 Å². The summed E-state index contributed by atoms with van der Waals surface area (Å²) >= 11 is 0. The fraction of sp³-hybridized carbons (Fsp3) is 0.364. The molecule has 0 fully saturated rings. The molecule has 0 bridgehead atoms. The maximum Gasteiger partial charge on any atom is 0.422 e. The van der Waals surface area contributed by atoms with Gasteiger partial charge in [0.25, 0.3) is 10.0 Å². The number of sulfonamides is 1. The summed E-state index contributed by atoms with van der Waals surface area (Å²) in [4.78, 5) is 11.2. The van der Waals surface area contributed by atoms with Gasteiger partial charge < -0.3 is 9.64 Å². The molecule has 0 radical (unpaired) electrons. The SMILES string of the molecule is CN(C)C=NS(=O)(=O)c1c(N=O)cccc1OCC(F)(F)F. The first-order chi connectivity index (χ1) is 10.1. The van der Waals surface area contributed by atoms with Crippen molar-refractivity contribution >= 4 is 22.0 Å². The van der Waals surface area contributed by atoms with Crippen LogP contribution in [0.3, 0.4) is 0 Å². The van der Waals surface area contributed by atoms with Gasteiger partial charge in [0.2, 0.25) is 0 Å². The molecule has 0 saturated heterocycles. The first kappa shape index (κ1) is 17.9. The van der Waals surface area contributed by atoms with E-state index in [0.717, 1.165) is 24.5 Å². The molecule has 0 aliphatic carbocycles. The van der Waals surface area contributed by atoms with Gasteiger partial charge in [-0.1, -0.05) is 6.07 Å². The highest BCUT2D eigenvalue weighted by atomic mass is 32.2. The van der Waals surface area contributed by atoms with E-state index in [0.29, 0.717) is 0 Å². The quantitative estimate of drug-likeness (QED) is 0.451. The lowest BCUT2D eigenvalue weighted by atomic mass is 10.3. The molecular formula is C11H12F3N3O4S. The molecule has 0 heterocycles. The van der Waals surface area contributed by atoms with Crippen LogP contribution in [0.25, 0.3) is 0 Å². The van der Waals surface area contributed by atoms with Gasteiger partial charge in [0.15, 0.2) is 11.5 Å². The predicted octanol–water partition coefficient (Wildman–Crippen LogP) is 2.30. The Labute approximate surface area is 124 Å². The van der Waals surface area contributed by atoms with Crippen molar-refractivity contribution in [3.05, 3.63) is 23.1 Å². The minimum atomic E-state index is -4.67. The van der Waals surface area contributed by atoms with Crippen molar-refractivity contribution in [3.63, 3.8) is 0 Å². The van der Waals surface area contributed by atoms with Crippen LogP contribution in [-0.4, -0.2) is 46.5 Å². The van der Waals surface area contributed by atoms with Crippen LogP contribution < -0.4 is 4.74 Å². The Balaban J connectivity index is 3.34. The Morgan fingerprint density at radius 1 is 1.32 bits per heavy atom. The Bertz CT molecular complexity index is 672. The second-order valence-electron chi connectivity index (χ2n) is 4.26. The molecule has 11 heteroatoms. The molecule has 0 aromatic heterocycles. The monoisotopic (exact) mass is 339 g/mol. The van der Waals surface area contributed by atoms with Crippen molar-refractivity contribution in [2.45, 2.75) is 11.1 Å². The number of hydrogen-bond donors (Lipinski definition) is 0. The second-order valence-corrected chi connectivity index (χ2v) is 5.83. The number of hydrogen-bond acceptors (Lipinski definition) is 5. The summed E-state index contributed by atoms with van der Waals surface area (Å²) in [6.45, 7) is -1.71. The first-order valence-electron chi connectivity index (χ1n) is 5.69. The molecule has 0 atom stereocenters. The van der Waals surface area contributed by atoms with E-state index in [1.54, 1.807) is 0 Å². The predicted molar refractivity (Wildman–Crippen MR) is 72.8 cm³/mol. The summed E-state index contributed by atoms with van der Waals surface area (Å²) in [6.07, 6.45) is -3.75. The van der Waals surface area contributed by atoms with Crippen LogP contribution in [0, 0.1) is 4.91 Å².